The van der Waals surface area contributed by atoms with Gasteiger partial charge in [0.1, 0.15) is 11.2 Å². The lowest BCUT2D eigenvalue weighted by molar-refractivity contribution is 0.669. The van der Waals surface area contributed by atoms with Crippen LogP contribution in [0, 0.1) is 0 Å². The lowest BCUT2D eigenvalue weighted by atomic mass is 9.96. The van der Waals surface area contributed by atoms with Gasteiger partial charge >= 0.3 is 0 Å². The van der Waals surface area contributed by atoms with Crippen molar-refractivity contribution in [3.05, 3.63) is 188 Å². The summed E-state index contributed by atoms with van der Waals surface area (Å²) in [6, 6.07) is 53.4. The average Bonchev–Trinajstić information content (AvgIpc) is 3.56. The van der Waals surface area contributed by atoms with Crippen molar-refractivity contribution in [3.8, 4) is 33.4 Å². The predicted molar refractivity (Wildman–Crippen MR) is 202 cm³/mol. The van der Waals surface area contributed by atoms with Gasteiger partial charge in [-0.2, -0.15) is 0 Å². The summed E-state index contributed by atoms with van der Waals surface area (Å²) < 4.78 is 43.8. The molecule has 0 spiro atoms. The van der Waals surface area contributed by atoms with Gasteiger partial charge in [-0.05, 0) is 87.1 Å². The molecule has 0 atom stereocenters. The van der Waals surface area contributed by atoms with E-state index in [1.54, 1.807) is 0 Å². The van der Waals surface area contributed by atoms with Crippen molar-refractivity contribution in [2.24, 2.45) is 0 Å². The Bertz CT molecular complexity index is 2750. The number of rotatable bonds is 6. The first-order valence-electron chi connectivity index (χ1n) is 18.0. The lowest BCUT2D eigenvalue weighted by Crippen LogP contribution is -2.11. The number of benzene rings is 8. The van der Waals surface area contributed by atoms with E-state index < -0.39 is 0 Å². The number of nitrogens with zero attached hydrogens (tertiary/aromatic N) is 1. The van der Waals surface area contributed by atoms with Crippen LogP contribution in [0.2, 0.25) is 0 Å². The summed E-state index contributed by atoms with van der Waals surface area (Å²) in [6.45, 7) is 0. The van der Waals surface area contributed by atoms with E-state index in [-0.39, 0.29) is 35.4 Å². The van der Waals surface area contributed by atoms with Crippen molar-refractivity contribution < 1.29 is 9.90 Å². The van der Waals surface area contributed by atoms with Crippen molar-refractivity contribution in [1.29, 1.82) is 0 Å². The highest BCUT2D eigenvalue weighted by Gasteiger charge is 2.20. The molecule has 2 heteroatoms. The van der Waals surface area contributed by atoms with Gasteiger partial charge in [-0.25, -0.2) is 0 Å². The van der Waals surface area contributed by atoms with Crippen molar-refractivity contribution in [2.45, 2.75) is 0 Å². The minimum atomic E-state index is -0.125. The van der Waals surface area contributed by atoms with E-state index in [2.05, 4.69) is 42.5 Å². The molecule has 1 heterocycles. The van der Waals surface area contributed by atoms with Crippen LogP contribution in [0.1, 0.15) is 5.48 Å². The maximum atomic E-state index is 9.45. The smallest absolute Gasteiger partial charge is 0.136 e. The van der Waals surface area contributed by atoms with Crippen molar-refractivity contribution >= 4 is 49.8 Å². The maximum Gasteiger partial charge on any atom is 0.136 e. The fourth-order valence-electron chi connectivity index (χ4n) is 6.62. The van der Waals surface area contributed by atoms with Crippen LogP contribution in [0.5, 0.6) is 0 Å². The standard InChI is InChI=1S/C46H31NO/c1-3-12-32(13-4-1)34-22-26-38(27-23-34)47(39-28-24-35(25-29-39)33-14-5-2-6-15-33)43-20-10-9-18-40(43)41-19-11-21-44-46(41)42-30-36-16-7-8-17-37(36)31-45(42)48-44/h1-31H/i22D,23D,26D,27D. The average molecular weight is 618 g/mol. The molecule has 48 heavy (non-hydrogen) atoms. The van der Waals surface area contributed by atoms with E-state index in [0.29, 0.717) is 16.9 Å². The number of hydrogen-bond donors (Lipinski definition) is 0. The highest BCUT2D eigenvalue weighted by Crippen LogP contribution is 2.45. The van der Waals surface area contributed by atoms with Crippen molar-refractivity contribution in [3.63, 3.8) is 0 Å². The third-order valence-electron chi connectivity index (χ3n) is 8.93. The molecule has 0 N–H and O–H groups in total. The van der Waals surface area contributed by atoms with Gasteiger partial charge in [0.25, 0.3) is 0 Å². The lowest BCUT2D eigenvalue weighted by Gasteiger charge is -2.28. The van der Waals surface area contributed by atoms with Crippen LogP contribution in [0.25, 0.3) is 66.1 Å². The highest BCUT2D eigenvalue weighted by atomic mass is 16.3. The van der Waals surface area contributed by atoms with E-state index in [1.165, 1.54) is 0 Å². The van der Waals surface area contributed by atoms with E-state index in [0.717, 1.165) is 55.0 Å². The zero-order valence-corrected chi connectivity index (χ0v) is 25.9. The second-order valence-corrected chi connectivity index (χ2v) is 11.8. The monoisotopic (exact) mass is 617 g/mol. The maximum absolute atomic E-state index is 9.45. The second-order valence-electron chi connectivity index (χ2n) is 11.8. The molecule has 1 aromatic heterocycles. The molecule has 0 fully saturated rings. The Balaban J connectivity index is 1.31. The van der Waals surface area contributed by atoms with Crippen LogP contribution < -0.4 is 4.90 Å². The molecule has 9 aromatic rings. The Morgan fingerprint density at radius 1 is 0.417 bits per heavy atom. The molecule has 226 valence electrons. The topological polar surface area (TPSA) is 16.4 Å². The molecule has 8 aromatic carbocycles. The third-order valence-corrected chi connectivity index (χ3v) is 8.93. The molecular formula is C46H31NO. The third kappa shape index (κ3) is 4.92. The first-order valence-corrected chi connectivity index (χ1v) is 16.0. The van der Waals surface area contributed by atoms with Gasteiger partial charge in [0, 0.05) is 27.7 Å². The van der Waals surface area contributed by atoms with Crippen LogP contribution in [0.4, 0.5) is 17.1 Å². The minimum absolute atomic E-state index is 0.0969. The Hall–Kier alpha value is -6.38. The molecule has 0 aliphatic carbocycles. The predicted octanol–water partition coefficient (Wildman–Crippen LogP) is 13.2. The molecule has 0 bridgehead atoms. The van der Waals surface area contributed by atoms with Crippen LogP contribution >= 0.6 is 0 Å². The molecular weight excluding hydrogens is 583 g/mol. The zero-order valence-electron chi connectivity index (χ0n) is 29.9. The minimum Gasteiger partial charge on any atom is -0.456 e. The van der Waals surface area contributed by atoms with Gasteiger partial charge < -0.3 is 9.32 Å². The Morgan fingerprint density at radius 2 is 1.00 bits per heavy atom. The molecule has 0 radical (unpaired) electrons. The molecule has 0 saturated carbocycles. The van der Waals surface area contributed by atoms with Crippen molar-refractivity contribution in [2.75, 3.05) is 4.90 Å². The van der Waals surface area contributed by atoms with Crippen LogP contribution in [0.15, 0.2) is 192 Å². The fraction of sp³-hybridized carbons (Fsp3) is 0. The number of anilines is 3. The first kappa shape index (κ1) is 23.9. The highest BCUT2D eigenvalue weighted by molar-refractivity contribution is 6.16. The van der Waals surface area contributed by atoms with Gasteiger partial charge in [-0.1, -0.05) is 139 Å². The molecule has 0 aliphatic rings. The summed E-state index contributed by atoms with van der Waals surface area (Å²) in [6.07, 6.45) is 0. The van der Waals surface area contributed by atoms with Gasteiger partial charge in [0.2, 0.25) is 0 Å². The van der Waals surface area contributed by atoms with Crippen LogP contribution in [0.3, 0.4) is 0 Å². The first-order chi connectivity index (χ1) is 25.5. The number of furan rings is 1. The quantitative estimate of drug-likeness (QED) is 0.185. The van der Waals surface area contributed by atoms with Gasteiger partial charge in [-0.15, -0.1) is 0 Å². The van der Waals surface area contributed by atoms with Gasteiger partial charge in [0.05, 0.1) is 11.2 Å². The largest absolute Gasteiger partial charge is 0.456 e. The summed E-state index contributed by atoms with van der Waals surface area (Å²) in [7, 11) is 0. The normalized spacial score (nSPS) is 12.5. The van der Waals surface area contributed by atoms with E-state index in [9.17, 15) is 5.48 Å². The second kappa shape index (κ2) is 11.8. The van der Waals surface area contributed by atoms with Crippen molar-refractivity contribution in [1.82, 2.24) is 0 Å². The van der Waals surface area contributed by atoms with Crippen LogP contribution in [-0.2, 0) is 0 Å². The molecule has 0 aliphatic heterocycles. The molecule has 0 unspecified atom stereocenters. The van der Waals surface area contributed by atoms with E-state index in [1.807, 2.05) is 126 Å². The fourth-order valence-corrected chi connectivity index (χ4v) is 6.62. The molecule has 2 nitrogen and oxygen atoms in total. The summed E-state index contributed by atoms with van der Waals surface area (Å²) >= 11 is 0. The van der Waals surface area contributed by atoms with Crippen LogP contribution in [-0.4, -0.2) is 0 Å². The Kier molecular flexibility index (Phi) is 5.85. The number of para-hydroxylation sites is 1. The Labute approximate surface area is 285 Å². The van der Waals surface area contributed by atoms with Gasteiger partial charge in [-0.3, -0.25) is 0 Å². The zero-order chi connectivity index (χ0) is 35.3. The van der Waals surface area contributed by atoms with E-state index >= 15 is 0 Å². The SMILES string of the molecule is [2H]c1c([2H])c(N(c2ccc(-c3ccccc3)cc2)c2ccccc2-c2cccc3oc4cc5ccccc5cc4c23)c([2H])c([2H])c1-c1ccccc1. The summed E-state index contributed by atoms with van der Waals surface area (Å²) in [5, 5.41) is 4.18. The molecule has 0 saturated heterocycles. The van der Waals surface area contributed by atoms with Gasteiger partial charge in [0.15, 0.2) is 0 Å². The Morgan fingerprint density at radius 3 is 1.73 bits per heavy atom. The molecule has 0 amide bonds. The summed E-state index contributed by atoms with van der Waals surface area (Å²) in [5.74, 6) is 0. The number of hydrogen-bond acceptors (Lipinski definition) is 2. The summed E-state index contributed by atoms with van der Waals surface area (Å²) in [4.78, 5) is 1.87. The summed E-state index contributed by atoms with van der Waals surface area (Å²) in [5.41, 5.74) is 7.94. The number of fused-ring (bicyclic) bond motifs is 4. The molecule has 9 rings (SSSR count). The van der Waals surface area contributed by atoms with E-state index in [4.69, 9.17) is 4.42 Å².